The fourth-order valence-electron chi connectivity index (χ4n) is 0.969. The second kappa shape index (κ2) is 2.74. The van der Waals surface area contributed by atoms with E-state index in [4.69, 9.17) is 4.74 Å². The molecule has 1 nitrogen and oxygen atoms in total. The number of methoxy groups -OCH3 is 1. The van der Waals surface area contributed by atoms with Crippen LogP contribution in [0, 0.1) is 19.9 Å². The molecular formula is C9H11O. The van der Waals surface area contributed by atoms with E-state index in [2.05, 4.69) is 6.07 Å². The minimum Gasteiger partial charge on any atom is -0.497 e. The van der Waals surface area contributed by atoms with Gasteiger partial charge in [-0.25, -0.2) is 0 Å². The number of benzene rings is 1. The van der Waals surface area contributed by atoms with Crippen LogP contribution < -0.4 is 4.74 Å². The van der Waals surface area contributed by atoms with Crippen molar-refractivity contribution in [2.75, 3.05) is 7.11 Å². The lowest BCUT2D eigenvalue weighted by Crippen LogP contribution is -1.85. The molecule has 1 aromatic rings. The molecule has 0 bridgehead atoms. The summed E-state index contributed by atoms with van der Waals surface area (Å²) in [6, 6.07) is 7.10. The van der Waals surface area contributed by atoms with E-state index in [9.17, 15) is 0 Å². The molecule has 10 heavy (non-hydrogen) atoms. The standard InChI is InChI=1S/C9H11O/c1-7-4-8(2)6-9(5-7)10-3/h5-6H,1-3H3. The molecule has 0 aromatic heterocycles. The highest BCUT2D eigenvalue weighted by Crippen LogP contribution is 2.14. The first-order valence-electron chi connectivity index (χ1n) is 3.27. The van der Waals surface area contributed by atoms with Gasteiger partial charge in [0.25, 0.3) is 0 Å². The highest BCUT2D eigenvalue weighted by atomic mass is 16.5. The molecule has 0 amide bonds. The SMILES string of the molecule is COc1cc(C)[c]c(C)c1. The lowest BCUT2D eigenvalue weighted by atomic mass is 10.1. The van der Waals surface area contributed by atoms with Gasteiger partial charge in [-0.3, -0.25) is 0 Å². The number of ether oxygens (including phenoxy) is 1. The van der Waals surface area contributed by atoms with E-state index in [1.165, 1.54) is 0 Å². The third-order valence-corrected chi connectivity index (χ3v) is 1.35. The fraction of sp³-hybridized carbons (Fsp3) is 0.333. The third kappa shape index (κ3) is 1.50. The monoisotopic (exact) mass is 135 g/mol. The largest absolute Gasteiger partial charge is 0.497 e. The molecule has 0 saturated heterocycles. The van der Waals surface area contributed by atoms with Crippen LogP contribution in [0.3, 0.4) is 0 Å². The first-order chi connectivity index (χ1) is 4.72. The van der Waals surface area contributed by atoms with Crippen LogP contribution in [-0.4, -0.2) is 7.11 Å². The molecule has 0 aliphatic carbocycles. The minimum absolute atomic E-state index is 0.911. The molecule has 53 valence electrons. The van der Waals surface area contributed by atoms with E-state index in [-0.39, 0.29) is 0 Å². The summed E-state index contributed by atoms with van der Waals surface area (Å²) in [6.07, 6.45) is 0. The molecule has 0 spiro atoms. The molecule has 0 saturated carbocycles. The Bertz CT molecular complexity index is 208. The number of aryl methyl sites for hydroxylation is 2. The normalized spacial score (nSPS) is 9.50. The van der Waals surface area contributed by atoms with Gasteiger partial charge in [0.1, 0.15) is 5.75 Å². The van der Waals surface area contributed by atoms with Crippen LogP contribution in [0.4, 0.5) is 0 Å². The molecule has 1 aromatic carbocycles. The Balaban J connectivity index is 3.06. The van der Waals surface area contributed by atoms with Gasteiger partial charge in [0.2, 0.25) is 0 Å². The van der Waals surface area contributed by atoms with Gasteiger partial charge in [0.05, 0.1) is 7.11 Å². The summed E-state index contributed by atoms with van der Waals surface area (Å²) in [5.41, 5.74) is 2.24. The molecule has 0 heterocycles. The molecule has 1 heteroatoms. The second-order valence-electron chi connectivity index (χ2n) is 2.39. The van der Waals surface area contributed by atoms with Gasteiger partial charge >= 0.3 is 0 Å². The van der Waals surface area contributed by atoms with Crippen molar-refractivity contribution < 1.29 is 4.74 Å². The molecule has 0 fully saturated rings. The van der Waals surface area contributed by atoms with Crippen LogP contribution in [0.15, 0.2) is 12.1 Å². The van der Waals surface area contributed by atoms with Crippen molar-refractivity contribution >= 4 is 0 Å². The summed E-state index contributed by atoms with van der Waals surface area (Å²) in [6.45, 7) is 4.02. The van der Waals surface area contributed by atoms with Gasteiger partial charge in [-0.2, -0.15) is 0 Å². The van der Waals surface area contributed by atoms with Crippen LogP contribution in [0.25, 0.3) is 0 Å². The van der Waals surface area contributed by atoms with Crippen molar-refractivity contribution in [1.82, 2.24) is 0 Å². The van der Waals surface area contributed by atoms with Gasteiger partial charge in [-0.1, -0.05) is 0 Å². The summed E-state index contributed by atoms with van der Waals surface area (Å²) in [7, 11) is 1.67. The summed E-state index contributed by atoms with van der Waals surface area (Å²) in [5, 5.41) is 0. The van der Waals surface area contributed by atoms with Gasteiger partial charge in [0.15, 0.2) is 0 Å². The third-order valence-electron chi connectivity index (χ3n) is 1.35. The molecule has 1 radical (unpaired) electrons. The van der Waals surface area contributed by atoms with Crippen molar-refractivity contribution in [2.45, 2.75) is 13.8 Å². The van der Waals surface area contributed by atoms with Gasteiger partial charge in [0, 0.05) is 0 Å². The Morgan fingerprint density at radius 1 is 1.20 bits per heavy atom. The smallest absolute Gasteiger partial charge is 0.119 e. The van der Waals surface area contributed by atoms with Crippen molar-refractivity contribution in [3.8, 4) is 5.75 Å². The molecular weight excluding hydrogens is 124 g/mol. The zero-order valence-electron chi connectivity index (χ0n) is 6.56. The zero-order chi connectivity index (χ0) is 7.56. The maximum absolute atomic E-state index is 5.06. The maximum Gasteiger partial charge on any atom is 0.119 e. The lowest BCUT2D eigenvalue weighted by Gasteiger charge is -2.01. The van der Waals surface area contributed by atoms with Crippen LogP contribution in [0.2, 0.25) is 0 Å². The topological polar surface area (TPSA) is 9.23 Å². The quantitative estimate of drug-likeness (QED) is 0.573. The molecule has 0 unspecified atom stereocenters. The Labute approximate surface area is 61.6 Å². The number of hydrogen-bond donors (Lipinski definition) is 0. The highest BCUT2D eigenvalue weighted by Gasteiger charge is 1.92. The number of rotatable bonds is 1. The van der Waals surface area contributed by atoms with Crippen LogP contribution >= 0.6 is 0 Å². The molecule has 0 aliphatic rings. The zero-order valence-corrected chi connectivity index (χ0v) is 6.56. The summed E-state index contributed by atoms with van der Waals surface area (Å²) >= 11 is 0. The van der Waals surface area contributed by atoms with Crippen molar-refractivity contribution in [3.63, 3.8) is 0 Å². The fourth-order valence-corrected chi connectivity index (χ4v) is 0.969. The Hall–Kier alpha value is -0.980. The predicted octanol–water partition coefficient (Wildman–Crippen LogP) is 2.11. The van der Waals surface area contributed by atoms with Gasteiger partial charge in [-0.15, -0.1) is 0 Å². The summed E-state index contributed by atoms with van der Waals surface area (Å²) in [5.74, 6) is 0.911. The van der Waals surface area contributed by atoms with Crippen molar-refractivity contribution in [1.29, 1.82) is 0 Å². The highest BCUT2D eigenvalue weighted by molar-refractivity contribution is 5.31. The van der Waals surface area contributed by atoms with E-state index in [0.717, 1.165) is 16.9 Å². The van der Waals surface area contributed by atoms with E-state index >= 15 is 0 Å². The predicted molar refractivity (Wildman–Crippen MR) is 41.3 cm³/mol. The minimum atomic E-state index is 0.911. The summed E-state index contributed by atoms with van der Waals surface area (Å²) < 4.78 is 5.06. The first kappa shape index (κ1) is 7.13. The molecule has 0 aliphatic heterocycles. The van der Waals surface area contributed by atoms with Gasteiger partial charge < -0.3 is 4.74 Å². The van der Waals surface area contributed by atoms with E-state index in [1.54, 1.807) is 7.11 Å². The second-order valence-corrected chi connectivity index (χ2v) is 2.39. The van der Waals surface area contributed by atoms with E-state index in [0.29, 0.717) is 0 Å². The van der Waals surface area contributed by atoms with Gasteiger partial charge in [-0.05, 0) is 43.2 Å². The summed E-state index contributed by atoms with van der Waals surface area (Å²) in [4.78, 5) is 0. The Morgan fingerprint density at radius 3 is 2.10 bits per heavy atom. The Kier molecular flexibility index (Phi) is 1.95. The number of hydrogen-bond acceptors (Lipinski definition) is 1. The van der Waals surface area contributed by atoms with E-state index < -0.39 is 0 Å². The van der Waals surface area contributed by atoms with Crippen molar-refractivity contribution in [2.24, 2.45) is 0 Å². The van der Waals surface area contributed by atoms with Crippen LogP contribution in [0.5, 0.6) is 5.75 Å². The average Bonchev–Trinajstić information content (AvgIpc) is 1.85. The first-order valence-corrected chi connectivity index (χ1v) is 3.27. The lowest BCUT2D eigenvalue weighted by molar-refractivity contribution is 0.414. The molecule has 0 N–H and O–H groups in total. The van der Waals surface area contributed by atoms with Crippen LogP contribution in [0.1, 0.15) is 11.1 Å². The Morgan fingerprint density at radius 2 is 1.70 bits per heavy atom. The molecule has 0 atom stereocenters. The molecule has 1 rings (SSSR count). The van der Waals surface area contributed by atoms with E-state index in [1.807, 2.05) is 26.0 Å². The average molecular weight is 135 g/mol. The van der Waals surface area contributed by atoms with Crippen LogP contribution in [-0.2, 0) is 0 Å². The maximum atomic E-state index is 5.06. The van der Waals surface area contributed by atoms with Crippen molar-refractivity contribution in [3.05, 3.63) is 29.3 Å².